The zero-order valence-corrected chi connectivity index (χ0v) is 19.7. The van der Waals surface area contributed by atoms with Crippen LogP contribution in [0.1, 0.15) is 13.8 Å². The van der Waals surface area contributed by atoms with E-state index in [1.54, 1.807) is 6.92 Å². The number of carbonyl (C=O) groups is 1. The van der Waals surface area contributed by atoms with E-state index in [2.05, 4.69) is 15.2 Å². The Labute approximate surface area is 185 Å². The van der Waals surface area contributed by atoms with Crippen molar-refractivity contribution in [3.8, 4) is 5.75 Å². The van der Waals surface area contributed by atoms with E-state index in [1.807, 2.05) is 73.8 Å². The lowest BCUT2D eigenvalue weighted by atomic mass is 10.3. The maximum atomic E-state index is 11.6. The number of rotatable bonds is 9. The first-order valence-corrected chi connectivity index (χ1v) is 13.8. The van der Waals surface area contributed by atoms with E-state index < -0.39 is 12.4 Å². The summed E-state index contributed by atoms with van der Waals surface area (Å²) < 4.78 is 9.62. The van der Waals surface area contributed by atoms with Gasteiger partial charge in [0.15, 0.2) is 6.26 Å². The molecule has 0 saturated carbocycles. The Kier molecular flexibility index (Phi) is 10.0. The molecule has 156 valence electrons. The molecule has 2 N–H and O–H groups in total. The van der Waals surface area contributed by atoms with Gasteiger partial charge in [0.25, 0.3) is 0 Å². The molecule has 2 unspecified atom stereocenters. The second-order valence-electron chi connectivity index (χ2n) is 5.79. The Balaban J connectivity index is 1.97. The molecule has 0 spiro atoms. The number of oxime groups is 1. The third kappa shape index (κ3) is 7.68. The van der Waals surface area contributed by atoms with Crippen molar-refractivity contribution in [1.29, 1.82) is 0 Å². The number of para-hydroxylation sites is 1. The van der Waals surface area contributed by atoms with Crippen molar-refractivity contribution in [3.05, 3.63) is 60.7 Å². The maximum absolute atomic E-state index is 11.6. The highest BCUT2D eigenvalue weighted by atomic mass is 32.4. The molecule has 0 aromatic heterocycles. The average molecular weight is 470 g/mol. The Hall–Kier alpha value is -1.51. The summed E-state index contributed by atoms with van der Waals surface area (Å²) in [6.45, 7) is 3.76. The van der Waals surface area contributed by atoms with E-state index in [1.165, 1.54) is 23.7 Å². The van der Waals surface area contributed by atoms with Crippen molar-refractivity contribution in [3.63, 3.8) is 0 Å². The molecule has 0 aliphatic heterocycles. The Bertz CT molecular complexity index is 854. The number of nitrogens with zero attached hydrogens (tertiary/aromatic N) is 1. The first-order valence-electron chi connectivity index (χ1n) is 8.76. The summed E-state index contributed by atoms with van der Waals surface area (Å²) in [5, 5.41) is 7.96. The van der Waals surface area contributed by atoms with Crippen molar-refractivity contribution in [2.75, 3.05) is 12.1 Å². The number of nitrogens with one attached hydrogen (secondary N) is 2. The van der Waals surface area contributed by atoms with E-state index in [4.69, 9.17) is 21.2 Å². The molecule has 0 radical (unpaired) electrons. The zero-order chi connectivity index (χ0) is 21.1. The van der Waals surface area contributed by atoms with Crippen LogP contribution >= 0.6 is 30.0 Å². The number of hydrogen-bond acceptors (Lipinski definition) is 8. The van der Waals surface area contributed by atoms with Crippen LogP contribution in [-0.4, -0.2) is 29.1 Å². The smallest absolute Gasteiger partial charge is 0.434 e. The summed E-state index contributed by atoms with van der Waals surface area (Å²) in [5.74, 6) is 0.897. The zero-order valence-electron chi connectivity index (χ0n) is 16.4. The molecular weight excluding hydrogens is 445 g/mol. The van der Waals surface area contributed by atoms with Gasteiger partial charge in [0, 0.05) is 5.30 Å². The van der Waals surface area contributed by atoms with E-state index in [-0.39, 0.29) is 5.78 Å². The quantitative estimate of drug-likeness (QED) is 0.0803. The first kappa shape index (κ1) is 23.8. The van der Waals surface area contributed by atoms with Gasteiger partial charge in [0.05, 0.1) is 11.7 Å². The van der Waals surface area contributed by atoms with Gasteiger partial charge < -0.3 is 9.84 Å². The van der Waals surface area contributed by atoms with E-state index in [0.717, 1.165) is 11.1 Å². The predicted molar refractivity (Wildman–Crippen MR) is 129 cm³/mol. The van der Waals surface area contributed by atoms with Gasteiger partial charge in [-0.15, -0.1) is 11.8 Å². The fourth-order valence-electron chi connectivity index (χ4n) is 2.13. The highest BCUT2D eigenvalue weighted by Crippen LogP contribution is 2.50. The van der Waals surface area contributed by atoms with Gasteiger partial charge in [-0.3, -0.25) is 9.56 Å². The maximum Gasteiger partial charge on any atom is 0.434 e. The lowest BCUT2D eigenvalue weighted by Crippen LogP contribution is -2.30. The van der Waals surface area contributed by atoms with Crippen LogP contribution in [0.15, 0.2) is 65.8 Å². The van der Waals surface area contributed by atoms with Crippen LogP contribution in [0, 0.1) is 0 Å². The molecule has 0 bridgehead atoms. The van der Waals surface area contributed by atoms with Crippen LogP contribution in [-0.2, 0) is 16.6 Å². The lowest BCUT2D eigenvalue weighted by molar-refractivity contribution is 0.153. The lowest BCUT2D eigenvalue weighted by Gasteiger charge is -2.30. The molecule has 1 amide bonds. The van der Waals surface area contributed by atoms with Gasteiger partial charge in [0.2, 0.25) is 0 Å². The monoisotopic (exact) mass is 469 g/mol. The van der Waals surface area contributed by atoms with Crippen LogP contribution in [0.2, 0.25) is 0 Å². The van der Waals surface area contributed by atoms with Crippen LogP contribution < -0.4 is 19.9 Å². The van der Waals surface area contributed by atoms with Crippen LogP contribution in [0.4, 0.5) is 4.79 Å². The van der Waals surface area contributed by atoms with Crippen LogP contribution in [0.3, 0.4) is 0 Å². The standard InChI is InChI=1S/C19H24N3O3PS3/c1-15(22-29-14-20-19(23)24-21-16(2)28-3)26(27,18-12-8-5-9-13-18)25-17-10-6-4-7-11-17/h4-13,15,22H,14H2,1-3H3,(H,20,23). The summed E-state index contributed by atoms with van der Waals surface area (Å²) >= 11 is 8.77. The number of carbonyl (C=O) groups excluding carboxylic acids is 1. The fraction of sp³-hybridized carbons (Fsp3) is 0.263. The van der Waals surface area contributed by atoms with Gasteiger partial charge >= 0.3 is 6.09 Å². The van der Waals surface area contributed by atoms with Gasteiger partial charge in [-0.25, -0.2) is 4.79 Å². The number of amides is 1. The molecule has 10 heteroatoms. The van der Waals surface area contributed by atoms with Crippen molar-refractivity contribution in [1.82, 2.24) is 10.0 Å². The Morgan fingerprint density at radius 1 is 1.17 bits per heavy atom. The molecule has 2 aromatic rings. The van der Waals surface area contributed by atoms with Crippen molar-refractivity contribution >= 4 is 58.2 Å². The van der Waals surface area contributed by atoms with Gasteiger partial charge in [0.1, 0.15) is 10.8 Å². The number of benzene rings is 2. The van der Waals surface area contributed by atoms with Gasteiger partial charge in [-0.2, -0.15) is 0 Å². The average Bonchev–Trinajstić information content (AvgIpc) is 2.76. The molecule has 0 aliphatic rings. The second-order valence-corrected chi connectivity index (χ2v) is 11.9. The summed E-state index contributed by atoms with van der Waals surface area (Å²) in [6.07, 6.45) is -1.20. The minimum absolute atomic E-state index is 0.139. The third-order valence-corrected chi connectivity index (χ3v) is 9.81. The number of thioether (sulfide) groups is 1. The van der Waals surface area contributed by atoms with Gasteiger partial charge in [-0.05, 0) is 44.0 Å². The molecule has 0 saturated heterocycles. The van der Waals surface area contributed by atoms with E-state index >= 15 is 0 Å². The summed E-state index contributed by atoms with van der Waals surface area (Å²) in [7, 11) is 0. The van der Waals surface area contributed by atoms with Crippen LogP contribution in [0.25, 0.3) is 0 Å². The van der Waals surface area contributed by atoms with Crippen molar-refractivity contribution in [2.45, 2.75) is 19.6 Å². The summed E-state index contributed by atoms with van der Waals surface area (Å²) in [5.41, 5.74) is 0. The normalized spacial score (nSPS) is 14.5. The summed E-state index contributed by atoms with van der Waals surface area (Å²) in [6, 6.07) is 19.4. The molecule has 2 rings (SSSR count). The largest absolute Gasteiger partial charge is 0.460 e. The molecule has 2 atom stereocenters. The second kappa shape index (κ2) is 12.2. The fourth-order valence-corrected chi connectivity index (χ4v) is 6.28. The molecule has 0 fully saturated rings. The van der Waals surface area contributed by atoms with Crippen molar-refractivity contribution in [2.24, 2.45) is 5.16 Å². The molecule has 0 aliphatic carbocycles. The minimum atomic E-state index is -2.45. The highest BCUT2D eigenvalue weighted by molar-refractivity contribution is 8.16. The molecular formula is C19H24N3O3PS3. The predicted octanol–water partition coefficient (Wildman–Crippen LogP) is 4.75. The Morgan fingerprint density at radius 3 is 2.41 bits per heavy atom. The topological polar surface area (TPSA) is 72.0 Å². The van der Waals surface area contributed by atoms with Crippen molar-refractivity contribution < 1.29 is 14.2 Å². The third-order valence-electron chi connectivity index (χ3n) is 3.71. The first-order chi connectivity index (χ1) is 14.0. The highest BCUT2D eigenvalue weighted by Gasteiger charge is 2.29. The number of hydrogen-bond donors (Lipinski definition) is 2. The van der Waals surface area contributed by atoms with E-state index in [9.17, 15) is 4.79 Å². The molecule has 2 aromatic carbocycles. The molecule has 0 heterocycles. The molecule has 29 heavy (non-hydrogen) atoms. The summed E-state index contributed by atoms with van der Waals surface area (Å²) in [4.78, 5) is 16.4. The van der Waals surface area contributed by atoms with Crippen LogP contribution in [0.5, 0.6) is 5.75 Å². The van der Waals surface area contributed by atoms with Gasteiger partial charge in [-0.1, -0.05) is 65.6 Å². The van der Waals surface area contributed by atoms with E-state index in [0.29, 0.717) is 10.9 Å². The minimum Gasteiger partial charge on any atom is -0.460 e. The Morgan fingerprint density at radius 2 is 1.79 bits per heavy atom. The molecule has 6 nitrogen and oxygen atoms in total. The SMILES string of the molecule is CSC(C)=NOC(=O)NCSNC(C)P(=S)(Oc1ccccc1)c1ccccc1.